The number of carbonyl (C=O) groups is 1. The lowest BCUT2D eigenvalue weighted by molar-refractivity contribution is -0.115. The Balaban J connectivity index is 2.09. The number of amidine groups is 1. The minimum absolute atomic E-state index is 0.00900. The van der Waals surface area contributed by atoms with Gasteiger partial charge in [-0.2, -0.15) is 0 Å². The number of nitrogens with two attached hydrogens (primary N) is 1. The van der Waals surface area contributed by atoms with Gasteiger partial charge in [-0.05, 0) is 57.2 Å². The van der Waals surface area contributed by atoms with Crippen LogP contribution in [0.1, 0.15) is 26.3 Å². The molecule has 0 unspecified atom stereocenters. The molecule has 4 N–H and O–H groups in total. The van der Waals surface area contributed by atoms with Gasteiger partial charge in [0.15, 0.2) is 0 Å². The number of hydrogen-bond acceptors (Lipinski definition) is 4. The molecule has 0 spiro atoms. The normalized spacial score (nSPS) is 10.4. The van der Waals surface area contributed by atoms with Crippen LogP contribution in [-0.2, 0) is 4.79 Å². The van der Waals surface area contributed by atoms with E-state index in [1.54, 1.807) is 12.1 Å². The first-order chi connectivity index (χ1) is 13.2. The van der Waals surface area contributed by atoms with E-state index in [0.717, 1.165) is 17.0 Å². The van der Waals surface area contributed by atoms with Crippen molar-refractivity contribution in [1.82, 2.24) is 0 Å². The van der Waals surface area contributed by atoms with Crippen LogP contribution >= 0.6 is 0 Å². The third kappa shape index (κ3) is 6.46. The summed E-state index contributed by atoms with van der Waals surface area (Å²) >= 11 is 0. The van der Waals surface area contributed by atoms with Gasteiger partial charge in [0.2, 0.25) is 5.91 Å². The molecule has 0 heterocycles. The monoisotopic (exact) mass is 380 g/mol. The molecule has 0 atom stereocenters. The summed E-state index contributed by atoms with van der Waals surface area (Å²) in [6.45, 7) is 10.5. The van der Waals surface area contributed by atoms with Crippen LogP contribution < -0.4 is 20.7 Å². The molecule has 0 saturated heterocycles. The highest BCUT2D eigenvalue weighted by atomic mass is 16.5. The van der Waals surface area contributed by atoms with E-state index in [-0.39, 0.29) is 24.4 Å². The van der Waals surface area contributed by atoms with Crippen molar-refractivity contribution in [2.75, 3.05) is 23.3 Å². The van der Waals surface area contributed by atoms with E-state index < -0.39 is 0 Å². The summed E-state index contributed by atoms with van der Waals surface area (Å²) < 4.78 is 5.61. The van der Waals surface area contributed by atoms with Crippen LogP contribution in [0.15, 0.2) is 60.7 Å². The standard InChI is InChI=1S/C22H28N4O2/c1-15(2)13-26(19-7-5-6-17(12-19)22(23)24)14-21(27)25-18-8-10-20(11-9-18)28-16(3)4/h5-12,16H,1,13-14H2,2-4H3,(H3,23,24)(H,25,27). The molecule has 6 heteroatoms. The maximum atomic E-state index is 12.6. The second kappa shape index (κ2) is 9.60. The molecular formula is C22H28N4O2. The first-order valence-corrected chi connectivity index (χ1v) is 9.15. The van der Waals surface area contributed by atoms with Crippen molar-refractivity contribution >= 4 is 23.1 Å². The number of nitrogens with zero attached hydrogens (tertiary/aromatic N) is 1. The summed E-state index contributed by atoms with van der Waals surface area (Å²) in [7, 11) is 0. The summed E-state index contributed by atoms with van der Waals surface area (Å²) in [4.78, 5) is 14.5. The Hall–Kier alpha value is -3.28. The fraction of sp³-hybridized carbons (Fsp3) is 0.273. The molecule has 2 aromatic carbocycles. The zero-order chi connectivity index (χ0) is 20.7. The van der Waals surface area contributed by atoms with Gasteiger partial charge >= 0.3 is 0 Å². The van der Waals surface area contributed by atoms with E-state index in [2.05, 4.69) is 11.9 Å². The minimum atomic E-state index is -0.146. The molecule has 0 radical (unpaired) electrons. The molecule has 1 amide bonds. The highest BCUT2D eigenvalue weighted by molar-refractivity contribution is 5.97. The van der Waals surface area contributed by atoms with Gasteiger partial charge in [0.1, 0.15) is 11.6 Å². The lowest BCUT2D eigenvalue weighted by Gasteiger charge is -2.25. The molecule has 0 aliphatic carbocycles. The topological polar surface area (TPSA) is 91.4 Å². The maximum Gasteiger partial charge on any atom is 0.243 e. The number of nitrogens with one attached hydrogen (secondary N) is 2. The summed E-state index contributed by atoms with van der Waals surface area (Å²) in [6.07, 6.45) is 0.0990. The van der Waals surface area contributed by atoms with Crippen LogP contribution in [0.3, 0.4) is 0 Å². The molecule has 2 rings (SSSR count). The Bertz CT molecular complexity index is 844. The number of hydrogen-bond donors (Lipinski definition) is 3. The van der Waals surface area contributed by atoms with E-state index in [9.17, 15) is 4.79 Å². The Morgan fingerprint density at radius 3 is 2.46 bits per heavy atom. The molecule has 0 bridgehead atoms. The predicted octanol–water partition coefficient (Wildman–Crippen LogP) is 3.78. The smallest absolute Gasteiger partial charge is 0.243 e. The first-order valence-electron chi connectivity index (χ1n) is 9.15. The predicted molar refractivity (Wildman–Crippen MR) is 115 cm³/mol. The molecular weight excluding hydrogens is 352 g/mol. The van der Waals surface area contributed by atoms with Crippen LogP contribution in [0.5, 0.6) is 5.75 Å². The number of anilines is 2. The van der Waals surface area contributed by atoms with Gasteiger partial charge in [-0.25, -0.2) is 0 Å². The van der Waals surface area contributed by atoms with Gasteiger partial charge in [0, 0.05) is 23.5 Å². The summed E-state index contributed by atoms with van der Waals surface area (Å²) in [5.74, 6) is 0.607. The minimum Gasteiger partial charge on any atom is -0.491 e. The van der Waals surface area contributed by atoms with Gasteiger partial charge < -0.3 is 20.7 Å². The average molecular weight is 380 g/mol. The number of benzene rings is 2. The number of carbonyl (C=O) groups excluding carboxylic acids is 1. The molecule has 0 aliphatic rings. The number of ether oxygens (including phenoxy) is 1. The van der Waals surface area contributed by atoms with Crippen LogP contribution in [0.4, 0.5) is 11.4 Å². The fourth-order valence-electron chi connectivity index (χ4n) is 2.70. The van der Waals surface area contributed by atoms with E-state index in [1.165, 1.54) is 0 Å². The van der Waals surface area contributed by atoms with Gasteiger partial charge in [0.05, 0.1) is 12.6 Å². The van der Waals surface area contributed by atoms with Gasteiger partial charge in [0.25, 0.3) is 0 Å². The summed E-state index contributed by atoms with van der Waals surface area (Å²) in [6, 6.07) is 14.6. The Kier molecular flexibility index (Phi) is 7.21. The third-order valence-electron chi connectivity index (χ3n) is 3.83. The molecule has 0 fully saturated rings. The fourth-order valence-corrected chi connectivity index (χ4v) is 2.70. The van der Waals surface area contributed by atoms with Crippen molar-refractivity contribution in [3.8, 4) is 5.75 Å². The largest absolute Gasteiger partial charge is 0.491 e. The van der Waals surface area contributed by atoms with Crippen molar-refractivity contribution in [1.29, 1.82) is 5.41 Å². The van der Waals surface area contributed by atoms with Crippen LogP contribution in [-0.4, -0.2) is 30.9 Å². The Labute approximate surface area is 166 Å². The molecule has 0 saturated carbocycles. The molecule has 28 heavy (non-hydrogen) atoms. The zero-order valence-electron chi connectivity index (χ0n) is 16.7. The van der Waals surface area contributed by atoms with Crippen molar-refractivity contribution in [3.05, 3.63) is 66.2 Å². The molecule has 0 aromatic heterocycles. The van der Waals surface area contributed by atoms with Gasteiger partial charge in [-0.3, -0.25) is 10.2 Å². The van der Waals surface area contributed by atoms with Gasteiger partial charge in [-0.1, -0.05) is 24.3 Å². The SMILES string of the molecule is C=C(C)CN(CC(=O)Nc1ccc(OC(C)C)cc1)c1cccc(C(=N)N)c1. The van der Waals surface area contributed by atoms with E-state index in [1.807, 2.05) is 62.1 Å². The molecule has 0 aliphatic heterocycles. The summed E-state index contributed by atoms with van der Waals surface area (Å²) in [5.41, 5.74) is 8.64. The first kappa shape index (κ1) is 21.0. The van der Waals surface area contributed by atoms with Crippen molar-refractivity contribution < 1.29 is 9.53 Å². The number of amides is 1. The lowest BCUT2D eigenvalue weighted by Crippen LogP contribution is -2.34. The van der Waals surface area contributed by atoms with E-state index in [0.29, 0.717) is 17.8 Å². The maximum absolute atomic E-state index is 12.6. The average Bonchev–Trinajstić information content (AvgIpc) is 2.62. The third-order valence-corrected chi connectivity index (χ3v) is 3.83. The van der Waals surface area contributed by atoms with Crippen LogP contribution in [0.2, 0.25) is 0 Å². The highest BCUT2D eigenvalue weighted by Crippen LogP contribution is 2.19. The summed E-state index contributed by atoms with van der Waals surface area (Å²) in [5, 5.41) is 10.5. The lowest BCUT2D eigenvalue weighted by atomic mass is 10.1. The van der Waals surface area contributed by atoms with Gasteiger partial charge in [-0.15, -0.1) is 0 Å². The van der Waals surface area contributed by atoms with Crippen LogP contribution in [0, 0.1) is 5.41 Å². The number of rotatable bonds is 9. The Morgan fingerprint density at radius 2 is 1.89 bits per heavy atom. The van der Waals surface area contributed by atoms with Crippen LogP contribution in [0.25, 0.3) is 0 Å². The van der Waals surface area contributed by atoms with E-state index >= 15 is 0 Å². The second-order valence-electron chi connectivity index (χ2n) is 7.02. The van der Waals surface area contributed by atoms with E-state index in [4.69, 9.17) is 15.9 Å². The molecule has 2 aromatic rings. The zero-order valence-corrected chi connectivity index (χ0v) is 16.7. The molecule has 148 valence electrons. The quantitative estimate of drug-likeness (QED) is 0.351. The molecule has 6 nitrogen and oxygen atoms in total. The van der Waals surface area contributed by atoms with Crippen molar-refractivity contribution in [3.63, 3.8) is 0 Å². The number of nitrogen functional groups attached to an aromatic ring is 1. The van der Waals surface area contributed by atoms with Crippen molar-refractivity contribution in [2.45, 2.75) is 26.9 Å². The second-order valence-corrected chi connectivity index (χ2v) is 7.02. The van der Waals surface area contributed by atoms with Crippen molar-refractivity contribution in [2.24, 2.45) is 5.73 Å². The highest BCUT2D eigenvalue weighted by Gasteiger charge is 2.13. The Morgan fingerprint density at radius 1 is 1.21 bits per heavy atom.